The lowest BCUT2D eigenvalue weighted by atomic mass is 10.2. The second-order valence-electron chi connectivity index (χ2n) is 6.04. The summed E-state index contributed by atoms with van der Waals surface area (Å²) >= 11 is 2.96. The van der Waals surface area contributed by atoms with E-state index in [0.29, 0.717) is 11.7 Å². The molecular weight excluding hydrogens is 390 g/mol. The van der Waals surface area contributed by atoms with E-state index >= 15 is 0 Å². The summed E-state index contributed by atoms with van der Waals surface area (Å²) in [7, 11) is 0. The van der Waals surface area contributed by atoms with E-state index in [9.17, 15) is 4.79 Å². The van der Waals surface area contributed by atoms with Crippen LogP contribution in [0.1, 0.15) is 16.1 Å². The van der Waals surface area contributed by atoms with Crippen LogP contribution in [-0.2, 0) is 11.3 Å². The Morgan fingerprint density at radius 1 is 1.18 bits per heavy atom. The summed E-state index contributed by atoms with van der Waals surface area (Å²) in [4.78, 5) is 13.3. The molecule has 0 spiro atoms. The number of rotatable bonds is 6. The molecule has 3 aromatic heterocycles. The number of anilines is 1. The van der Waals surface area contributed by atoms with E-state index in [0.717, 1.165) is 21.1 Å². The molecule has 8 heteroatoms. The fourth-order valence-electron chi connectivity index (χ4n) is 2.67. The van der Waals surface area contributed by atoms with E-state index in [1.54, 1.807) is 17.4 Å². The Labute approximate surface area is 170 Å². The van der Waals surface area contributed by atoms with Gasteiger partial charge in [-0.15, -0.1) is 21.5 Å². The van der Waals surface area contributed by atoms with Gasteiger partial charge in [-0.2, -0.15) is 5.10 Å². The number of carbonyl (C=O) groups is 1. The van der Waals surface area contributed by atoms with Crippen LogP contribution in [0.5, 0.6) is 0 Å². The molecule has 0 aliphatic rings. The molecule has 3 heterocycles. The first-order valence-electron chi connectivity index (χ1n) is 8.62. The molecule has 6 nitrogen and oxygen atoms in total. The van der Waals surface area contributed by atoms with Gasteiger partial charge in [-0.1, -0.05) is 47.7 Å². The number of carbonyl (C=O) groups excluding carboxylic acids is 1. The second kappa shape index (κ2) is 8.28. The Hall–Kier alpha value is -3.10. The van der Waals surface area contributed by atoms with Crippen LogP contribution >= 0.6 is 22.7 Å². The molecule has 140 valence electrons. The van der Waals surface area contributed by atoms with Crippen LogP contribution in [0, 0.1) is 6.92 Å². The summed E-state index contributed by atoms with van der Waals surface area (Å²) in [6, 6.07) is 14.2. The molecule has 0 bridgehead atoms. The summed E-state index contributed by atoms with van der Waals surface area (Å²) in [5, 5.41) is 18.6. The summed E-state index contributed by atoms with van der Waals surface area (Å²) in [5.41, 5.74) is 2.92. The van der Waals surface area contributed by atoms with Gasteiger partial charge in [0.2, 0.25) is 11.0 Å². The third kappa shape index (κ3) is 4.41. The van der Waals surface area contributed by atoms with E-state index in [1.165, 1.54) is 23.0 Å². The third-order valence-corrected chi connectivity index (χ3v) is 5.53. The largest absolute Gasteiger partial charge is 0.297 e. The van der Waals surface area contributed by atoms with E-state index in [-0.39, 0.29) is 5.91 Å². The van der Waals surface area contributed by atoms with Crippen molar-refractivity contribution < 1.29 is 4.79 Å². The maximum absolute atomic E-state index is 12.2. The predicted octanol–water partition coefficient (Wildman–Crippen LogP) is 4.47. The Morgan fingerprint density at radius 2 is 2.04 bits per heavy atom. The van der Waals surface area contributed by atoms with Crippen LogP contribution in [-0.4, -0.2) is 25.9 Å². The molecule has 28 heavy (non-hydrogen) atoms. The van der Waals surface area contributed by atoms with Gasteiger partial charge in [0.25, 0.3) is 0 Å². The number of nitrogens with one attached hydrogen (secondary N) is 1. The van der Waals surface area contributed by atoms with Crippen molar-refractivity contribution in [1.82, 2.24) is 20.0 Å². The van der Waals surface area contributed by atoms with Crippen LogP contribution in [0.15, 0.2) is 60.1 Å². The van der Waals surface area contributed by atoms with Gasteiger partial charge in [0.05, 0.1) is 11.4 Å². The van der Waals surface area contributed by atoms with Crippen LogP contribution in [0.4, 0.5) is 5.13 Å². The second-order valence-corrected chi connectivity index (χ2v) is 8.17. The summed E-state index contributed by atoms with van der Waals surface area (Å²) in [5.74, 6) is -0.246. The number of aromatic nitrogens is 4. The van der Waals surface area contributed by atoms with Crippen molar-refractivity contribution >= 4 is 39.8 Å². The van der Waals surface area contributed by atoms with Crippen molar-refractivity contribution in [2.75, 3.05) is 5.32 Å². The molecule has 4 aromatic rings. The van der Waals surface area contributed by atoms with Gasteiger partial charge in [-0.05, 0) is 30.0 Å². The van der Waals surface area contributed by atoms with Crippen molar-refractivity contribution in [2.24, 2.45) is 0 Å². The van der Waals surface area contributed by atoms with Gasteiger partial charge in [-0.3, -0.25) is 14.8 Å². The molecular formula is C20H17N5OS2. The van der Waals surface area contributed by atoms with Crippen molar-refractivity contribution in [3.05, 3.63) is 76.3 Å². The quantitative estimate of drug-likeness (QED) is 0.479. The van der Waals surface area contributed by atoms with Gasteiger partial charge in [0.15, 0.2) is 0 Å². The van der Waals surface area contributed by atoms with E-state index in [2.05, 4.69) is 27.6 Å². The number of benzene rings is 1. The number of hydrogen-bond donors (Lipinski definition) is 1. The van der Waals surface area contributed by atoms with Gasteiger partial charge in [0.1, 0.15) is 10.7 Å². The zero-order valence-electron chi connectivity index (χ0n) is 15.1. The minimum Gasteiger partial charge on any atom is -0.297 e. The Bertz CT molecular complexity index is 1100. The zero-order chi connectivity index (χ0) is 19.3. The first kappa shape index (κ1) is 18.3. The van der Waals surface area contributed by atoms with Crippen LogP contribution in [0.2, 0.25) is 0 Å². The lowest BCUT2D eigenvalue weighted by molar-refractivity contribution is -0.111. The minimum absolute atomic E-state index is 0.246. The molecule has 0 aliphatic carbocycles. The van der Waals surface area contributed by atoms with Crippen molar-refractivity contribution in [3.8, 4) is 10.6 Å². The molecule has 4 rings (SSSR count). The van der Waals surface area contributed by atoms with Crippen molar-refractivity contribution in [1.29, 1.82) is 0 Å². The Kier molecular flexibility index (Phi) is 5.41. The van der Waals surface area contributed by atoms with Crippen LogP contribution in [0.3, 0.4) is 0 Å². The average molecular weight is 408 g/mol. The lowest BCUT2D eigenvalue weighted by Gasteiger charge is -2.00. The summed E-state index contributed by atoms with van der Waals surface area (Å²) in [6.45, 7) is 2.51. The highest BCUT2D eigenvalue weighted by Crippen LogP contribution is 2.28. The SMILES string of the molecule is Cc1nnc(NC(=O)/C=C/c2cn(Cc3ccccc3)nc2-c2cccs2)s1. The first-order valence-corrected chi connectivity index (χ1v) is 10.3. The van der Waals surface area contributed by atoms with Crippen molar-refractivity contribution in [3.63, 3.8) is 0 Å². The molecule has 0 unspecified atom stereocenters. The van der Waals surface area contributed by atoms with Gasteiger partial charge >= 0.3 is 0 Å². The number of amides is 1. The number of thiophene rings is 1. The molecule has 0 atom stereocenters. The molecule has 0 saturated carbocycles. The summed E-state index contributed by atoms with van der Waals surface area (Å²) in [6.07, 6.45) is 5.24. The van der Waals surface area contributed by atoms with Gasteiger partial charge in [-0.25, -0.2) is 0 Å². The first-order chi connectivity index (χ1) is 13.7. The van der Waals surface area contributed by atoms with Gasteiger partial charge < -0.3 is 0 Å². The molecule has 0 saturated heterocycles. The molecule has 1 aromatic carbocycles. The average Bonchev–Trinajstić information content (AvgIpc) is 3.42. The standard InChI is InChI=1S/C20H17N5OS2/c1-14-22-23-20(28-14)21-18(26)10-9-16-13-25(12-15-6-3-2-4-7-15)24-19(16)17-8-5-11-27-17/h2-11,13H,12H2,1H3,(H,21,23,26)/b10-9+. The normalized spacial score (nSPS) is 11.2. The Morgan fingerprint density at radius 3 is 2.75 bits per heavy atom. The number of aryl methyl sites for hydroxylation is 1. The van der Waals surface area contributed by atoms with E-state index in [4.69, 9.17) is 5.10 Å². The fraction of sp³-hybridized carbons (Fsp3) is 0.100. The summed E-state index contributed by atoms with van der Waals surface area (Å²) < 4.78 is 1.90. The topological polar surface area (TPSA) is 72.7 Å². The van der Waals surface area contributed by atoms with Crippen LogP contribution in [0.25, 0.3) is 16.6 Å². The zero-order valence-corrected chi connectivity index (χ0v) is 16.7. The molecule has 0 fully saturated rings. The highest BCUT2D eigenvalue weighted by Gasteiger charge is 2.11. The maximum Gasteiger partial charge on any atom is 0.250 e. The Balaban J connectivity index is 1.56. The monoisotopic (exact) mass is 407 g/mol. The molecule has 1 N–H and O–H groups in total. The van der Waals surface area contributed by atoms with Gasteiger partial charge in [0, 0.05) is 17.8 Å². The number of nitrogens with zero attached hydrogens (tertiary/aromatic N) is 4. The molecule has 1 amide bonds. The third-order valence-electron chi connectivity index (χ3n) is 3.90. The minimum atomic E-state index is -0.246. The predicted molar refractivity (Wildman–Crippen MR) is 113 cm³/mol. The molecule has 0 radical (unpaired) electrons. The fourth-order valence-corrected chi connectivity index (χ4v) is 4.00. The van der Waals surface area contributed by atoms with E-state index in [1.807, 2.05) is 53.5 Å². The maximum atomic E-state index is 12.2. The highest BCUT2D eigenvalue weighted by atomic mass is 32.1. The van der Waals surface area contributed by atoms with Crippen LogP contribution < -0.4 is 5.32 Å². The molecule has 0 aliphatic heterocycles. The highest BCUT2D eigenvalue weighted by molar-refractivity contribution is 7.15. The lowest BCUT2D eigenvalue weighted by Crippen LogP contribution is -2.07. The number of hydrogen-bond acceptors (Lipinski definition) is 6. The van der Waals surface area contributed by atoms with E-state index < -0.39 is 0 Å². The smallest absolute Gasteiger partial charge is 0.250 e. The van der Waals surface area contributed by atoms with Crippen molar-refractivity contribution in [2.45, 2.75) is 13.5 Å².